The van der Waals surface area contributed by atoms with E-state index in [-0.39, 0.29) is 0 Å². The fourth-order valence-electron chi connectivity index (χ4n) is 2.88. The average Bonchev–Trinajstić information content (AvgIpc) is 2.49. The highest BCUT2D eigenvalue weighted by molar-refractivity contribution is 7.90. The molecule has 7 heteroatoms. The van der Waals surface area contributed by atoms with E-state index in [2.05, 4.69) is 26.5 Å². The van der Waals surface area contributed by atoms with Crippen molar-refractivity contribution in [2.75, 3.05) is 24.5 Å². The second kappa shape index (κ2) is 7.13. The molecule has 0 radical (unpaired) electrons. The predicted octanol–water partition coefficient (Wildman–Crippen LogP) is 1.95. The van der Waals surface area contributed by atoms with Gasteiger partial charge in [-0.15, -0.1) is 0 Å². The molecule has 2 rings (SSSR count). The SMILES string of the molecule is Cc1nc(C)c(C)c(N2CCC[C@H](CNS(=O)(=O)C(C)C)C2)n1. The highest BCUT2D eigenvalue weighted by Gasteiger charge is 2.25. The first-order valence-corrected chi connectivity index (χ1v) is 9.80. The highest BCUT2D eigenvalue weighted by atomic mass is 32.2. The molecular weight excluding hydrogens is 312 g/mol. The second-order valence-electron chi connectivity index (χ2n) is 6.70. The van der Waals surface area contributed by atoms with Crippen molar-refractivity contribution in [1.29, 1.82) is 0 Å². The number of sulfonamides is 1. The largest absolute Gasteiger partial charge is 0.356 e. The van der Waals surface area contributed by atoms with Crippen LogP contribution in [-0.4, -0.2) is 43.3 Å². The van der Waals surface area contributed by atoms with Crippen LogP contribution in [0.15, 0.2) is 0 Å². The van der Waals surface area contributed by atoms with Crippen LogP contribution in [0.5, 0.6) is 0 Å². The number of nitrogens with zero attached hydrogens (tertiary/aromatic N) is 3. The van der Waals surface area contributed by atoms with Gasteiger partial charge in [0.2, 0.25) is 10.0 Å². The summed E-state index contributed by atoms with van der Waals surface area (Å²) >= 11 is 0. The number of aryl methyl sites for hydroxylation is 2. The Bertz CT molecular complexity index is 658. The average molecular weight is 340 g/mol. The Morgan fingerprint density at radius 1 is 1.26 bits per heavy atom. The van der Waals surface area contributed by atoms with E-state index < -0.39 is 15.3 Å². The van der Waals surface area contributed by atoms with E-state index in [0.717, 1.165) is 48.8 Å². The summed E-state index contributed by atoms with van der Waals surface area (Å²) in [6.07, 6.45) is 2.09. The normalized spacial score (nSPS) is 19.4. The van der Waals surface area contributed by atoms with Crippen LogP contribution in [-0.2, 0) is 10.0 Å². The van der Waals surface area contributed by atoms with Crippen molar-refractivity contribution in [2.45, 2.75) is 52.7 Å². The Morgan fingerprint density at radius 2 is 1.96 bits per heavy atom. The number of piperidine rings is 1. The lowest BCUT2D eigenvalue weighted by atomic mass is 9.98. The van der Waals surface area contributed by atoms with Gasteiger partial charge < -0.3 is 4.90 Å². The molecule has 130 valence electrons. The minimum absolute atomic E-state index is 0.312. The van der Waals surface area contributed by atoms with Gasteiger partial charge in [0.15, 0.2) is 0 Å². The Balaban J connectivity index is 2.07. The van der Waals surface area contributed by atoms with E-state index in [1.165, 1.54) is 0 Å². The molecule has 1 aromatic rings. The molecule has 0 aliphatic carbocycles. The lowest BCUT2D eigenvalue weighted by Crippen LogP contribution is -2.43. The van der Waals surface area contributed by atoms with Crippen molar-refractivity contribution in [3.8, 4) is 0 Å². The van der Waals surface area contributed by atoms with E-state index >= 15 is 0 Å². The van der Waals surface area contributed by atoms with Crippen molar-refractivity contribution in [3.05, 3.63) is 17.1 Å². The number of anilines is 1. The fourth-order valence-corrected chi connectivity index (χ4v) is 3.68. The summed E-state index contributed by atoms with van der Waals surface area (Å²) in [4.78, 5) is 11.3. The fraction of sp³-hybridized carbons (Fsp3) is 0.750. The van der Waals surface area contributed by atoms with Gasteiger partial charge in [0.1, 0.15) is 11.6 Å². The summed E-state index contributed by atoms with van der Waals surface area (Å²) in [5.74, 6) is 2.09. The zero-order valence-electron chi connectivity index (χ0n) is 14.8. The smallest absolute Gasteiger partial charge is 0.213 e. The van der Waals surface area contributed by atoms with Crippen molar-refractivity contribution >= 4 is 15.8 Å². The molecule has 0 amide bonds. The number of hydrogen-bond acceptors (Lipinski definition) is 5. The van der Waals surface area contributed by atoms with Crippen molar-refractivity contribution in [3.63, 3.8) is 0 Å². The maximum atomic E-state index is 11.9. The third kappa shape index (κ3) is 4.41. The third-order valence-electron chi connectivity index (χ3n) is 4.49. The van der Waals surface area contributed by atoms with Gasteiger partial charge in [-0.2, -0.15) is 0 Å². The van der Waals surface area contributed by atoms with Crippen LogP contribution in [0.3, 0.4) is 0 Å². The van der Waals surface area contributed by atoms with E-state index in [4.69, 9.17) is 0 Å². The lowest BCUT2D eigenvalue weighted by Gasteiger charge is -2.34. The van der Waals surface area contributed by atoms with E-state index in [1.54, 1.807) is 13.8 Å². The van der Waals surface area contributed by atoms with E-state index in [0.29, 0.717) is 12.5 Å². The first-order valence-electron chi connectivity index (χ1n) is 8.26. The summed E-state index contributed by atoms with van der Waals surface area (Å²) in [5.41, 5.74) is 2.12. The third-order valence-corrected chi connectivity index (χ3v) is 6.30. The Kier molecular flexibility index (Phi) is 5.62. The van der Waals surface area contributed by atoms with Crippen LogP contribution in [0, 0.1) is 26.7 Å². The zero-order chi connectivity index (χ0) is 17.2. The molecule has 2 heterocycles. The number of aromatic nitrogens is 2. The zero-order valence-corrected chi connectivity index (χ0v) is 15.6. The Labute approximate surface area is 139 Å². The summed E-state index contributed by atoms with van der Waals surface area (Å²) in [6, 6.07) is 0. The molecule has 1 aliphatic heterocycles. The maximum absolute atomic E-state index is 11.9. The summed E-state index contributed by atoms with van der Waals surface area (Å²) < 4.78 is 26.6. The van der Waals surface area contributed by atoms with Crippen molar-refractivity contribution in [1.82, 2.24) is 14.7 Å². The number of rotatable bonds is 5. The summed E-state index contributed by atoms with van der Waals surface area (Å²) in [6.45, 7) is 11.7. The van der Waals surface area contributed by atoms with Gasteiger partial charge in [-0.3, -0.25) is 0 Å². The molecule has 1 atom stereocenters. The molecule has 0 bridgehead atoms. The first-order chi connectivity index (χ1) is 10.7. The van der Waals surface area contributed by atoms with Gasteiger partial charge in [0.25, 0.3) is 0 Å². The van der Waals surface area contributed by atoms with Gasteiger partial charge in [-0.05, 0) is 53.4 Å². The van der Waals surface area contributed by atoms with Gasteiger partial charge in [0.05, 0.1) is 5.25 Å². The van der Waals surface area contributed by atoms with Gasteiger partial charge >= 0.3 is 0 Å². The quantitative estimate of drug-likeness (QED) is 0.887. The molecule has 0 saturated carbocycles. The van der Waals surface area contributed by atoms with Crippen LogP contribution < -0.4 is 9.62 Å². The Hall–Kier alpha value is -1.21. The number of nitrogens with one attached hydrogen (secondary N) is 1. The van der Waals surface area contributed by atoms with Crippen LogP contribution >= 0.6 is 0 Å². The molecular formula is C16H28N4O2S. The molecule has 0 aromatic carbocycles. The highest BCUT2D eigenvalue weighted by Crippen LogP contribution is 2.25. The number of hydrogen-bond donors (Lipinski definition) is 1. The molecule has 0 spiro atoms. The minimum atomic E-state index is -3.20. The maximum Gasteiger partial charge on any atom is 0.213 e. The molecule has 23 heavy (non-hydrogen) atoms. The van der Waals surface area contributed by atoms with Gasteiger partial charge in [-0.25, -0.2) is 23.1 Å². The lowest BCUT2D eigenvalue weighted by molar-refractivity contribution is 0.408. The van der Waals surface area contributed by atoms with E-state index in [9.17, 15) is 8.42 Å². The minimum Gasteiger partial charge on any atom is -0.356 e. The summed E-state index contributed by atoms with van der Waals surface area (Å²) in [5, 5.41) is -0.392. The van der Waals surface area contributed by atoms with Crippen LogP contribution in [0.4, 0.5) is 5.82 Å². The molecule has 6 nitrogen and oxygen atoms in total. The van der Waals surface area contributed by atoms with E-state index in [1.807, 2.05) is 13.8 Å². The predicted molar refractivity (Wildman–Crippen MR) is 93.2 cm³/mol. The molecule has 1 fully saturated rings. The molecule has 0 unspecified atom stereocenters. The topological polar surface area (TPSA) is 75.2 Å². The van der Waals surface area contributed by atoms with Crippen molar-refractivity contribution < 1.29 is 8.42 Å². The van der Waals surface area contributed by atoms with Crippen LogP contribution in [0.25, 0.3) is 0 Å². The molecule has 1 aromatic heterocycles. The van der Waals surface area contributed by atoms with Crippen LogP contribution in [0.2, 0.25) is 0 Å². The summed E-state index contributed by atoms with van der Waals surface area (Å²) in [7, 11) is -3.20. The van der Waals surface area contributed by atoms with Crippen LogP contribution in [0.1, 0.15) is 43.8 Å². The van der Waals surface area contributed by atoms with Gasteiger partial charge in [0, 0.05) is 30.9 Å². The molecule has 1 aliphatic rings. The monoisotopic (exact) mass is 340 g/mol. The second-order valence-corrected chi connectivity index (χ2v) is 9.02. The molecule has 1 N–H and O–H groups in total. The molecule has 1 saturated heterocycles. The van der Waals surface area contributed by atoms with Gasteiger partial charge in [-0.1, -0.05) is 0 Å². The standard InChI is InChI=1S/C16H28N4O2S/c1-11(2)23(21,22)17-9-15-7-6-8-20(10-15)16-12(3)13(4)18-14(5)19-16/h11,15,17H,6-10H2,1-5H3/t15-/m1/s1. The van der Waals surface area contributed by atoms with Crippen molar-refractivity contribution in [2.24, 2.45) is 5.92 Å². The first kappa shape index (κ1) is 18.1. The Morgan fingerprint density at radius 3 is 2.61 bits per heavy atom.